The fourth-order valence-electron chi connectivity index (χ4n) is 3.07. The highest BCUT2D eigenvalue weighted by Crippen LogP contribution is 2.20. The molecule has 1 atom stereocenters. The van der Waals surface area contributed by atoms with Gasteiger partial charge in [0.05, 0.1) is 12.6 Å². The molecule has 0 fully saturated rings. The Morgan fingerprint density at radius 3 is 2.48 bits per heavy atom. The predicted molar refractivity (Wildman–Crippen MR) is 127 cm³/mol. The van der Waals surface area contributed by atoms with Crippen molar-refractivity contribution < 1.29 is 9.59 Å². The van der Waals surface area contributed by atoms with Crippen LogP contribution in [0.4, 0.5) is 10.5 Å². The molecule has 3 rings (SSSR count). The second kappa shape index (κ2) is 10.9. The summed E-state index contributed by atoms with van der Waals surface area (Å²) in [6.07, 6.45) is 0. The quantitative estimate of drug-likeness (QED) is 0.457. The van der Waals surface area contributed by atoms with Gasteiger partial charge in [-0.1, -0.05) is 35.9 Å². The van der Waals surface area contributed by atoms with Crippen LogP contribution >= 0.6 is 22.9 Å². The van der Waals surface area contributed by atoms with Crippen LogP contribution in [0.3, 0.4) is 0 Å². The molecule has 162 valence electrons. The van der Waals surface area contributed by atoms with Crippen LogP contribution in [0, 0.1) is 0 Å². The number of anilines is 1. The number of carbonyl (C=O) groups excluding carboxylic acids is 2. The maximum Gasteiger partial charge on any atom is 0.319 e. The molecule has 0 spiro atoms. The van der Waals surface area contributed by atoms with Crippen LogP contribution in [0.15, 0.2) is 66.0 Å². The third kappa shape index (κ3) is 6.82. The first-order chi connectivity index (χ1) is 14.9. The van der Waals surface area contributed by atoms with E-state index in [0.717, 1.165) is 10.4 Å². The molecule has 2 aromatic carbocycles. The van der Waals surface area contributed by atoms with Crippen molar-refractivity contribution in [3.8, 4) is 0 Å². The predicted octanol–water partition coefficient (Wildman–Crippen LogP) is 4.76. The summed E-state index contributed by atoms with van der Waals surface area (Å²) in [5.41, 5.74) is 2.09. The fraction of sp³-hybridized carbons (Fsp3) is 0.217. The second-order valence-electron chi connectivity index (χ2n) is 7.21. The number of nitrogens with one attached hydrogen (secondary N) is 3. The van der Waals surface area contributed by atoms with E-state index >= 15 is 0 Å². The first kappa shape index (κ1) is 22.8. The van der Waals surface area contributed by atoms with Crippen molar-refractivity contribution in [2.24, 2.45) is 0 Å². The molecule has 0 radical (unpaired) electrons. The van der Waals surface area contributed by atoms with Crippen LogP contribution in [0.1, 0.15) is 26.8 Å². The van der Waals surface area contributed by atoms with Crippen LogP contribution in [-0.2, 0) is 6.54 Å². The van der Waals surface area contributed by atoms with E-state index in [1.807, 2.05) is 60.8 Å². The topological polar surface area (TPSA) is 73.5 Å². The molecule has 3 aromatic rings. The number of carbonyl (C=O) groups is 2. The largest absolute Gasteiger partial charge is 0.347 e. The zero-order valence-corrected chi connectivity index (χ0v) is 19.0. The third-order valence-corrected chi connectivity index (χ3v) is 5.85. The minimum absolute atomic E-state index is 0.00243. The van der Waals surface area contributed by atoms with Crippen molar-refractivity contribution in [1.29, 1.82) is 0 Å². The van der Waals surface area contributed by atoms with E-state index in [9.17, 15) is 9.59 Å². The van der Waals surface area contributed by atoms with Gasteiger partial charge in [-0.05, 0) is 61.4 Å². The Labute approximate surface area is 191 Å². The SMILES string of the molecule is CN(C)C(CNC(=O)Nc1cccc(C(=O)NCc2cccs2)c1)c1ccc(Cl)cc1. The maximum atomic E-state index is 12.4. The maximum absolute atomic E-state index is 12.4. The first-order valence-electron chi connectivity index (χ1n) is 9.80. The van der Waals surface area contributed by atoms with Gasteiger partial charge in [-0.15, -0.1) is 11.3 Å². The van der Waals surface area contributed by atoms with Crippen LogP contribution in [0.5, 0.6) is 0 Å². The highest BCUT2D eigenvalue weighted by atomic mass is 35.5. The molecule has 3 amide bonds. The Morgan fingerprint density at radius 2 is 1.81 bits per heavy atom. The van der Waals surface area contributed by atoms with E-state index in [4.69, 9.17) is 11.6 Å². The molecule has 8 heteroatoms. The van der Waals surface area contributed by atoms with Crippen molar-refractivity contribution >= 4 is 40.6 Å². The van der Waals surface area contributed by atoms with Crippen molar-refractivity contribution in [1.82, 2.24) is 15.5 Å². The van der Waals surface area contributed by atoms with E-state index in [1.165, 1.54) is 0 Å². The van der Waals surface area contributed by atoms with Crippen molar-refractivity contribution in [2.45, 2.75) is 12.6 Å². The Hall–Kier alpha value is -2.87. The van der Waals surface area contributed by atoms with E-state index in [0.29, 0.717) is 29.4 Å². The summed E-state index contributed by atoms with van der Waals surface area (Å²) in [4.78, 5) is 27.9. The molecule has 0 aliphatic carbocycles. The van der Waals surface area contributed by atoms with Gasteiger partial charge in [0.25, 0.3) is 5.91 Å². The molecular formula is C23H25ClN4O2S. The molecular weight excluding hydrogens is 432 g/mol. The minimum Gasteiger partial charge on any atom is -0.347 e. The number of rotatable bonds is 8. The smallest absolute Gasteiger partial charge is 0.319 e. The van der Waals surface area contributed by atoms with E-state index in [2.05, 4.69) is 16.0 Å². The van der Waals surface area contributed by atoms with Crippen molar-refractivity contribution in [3.63, 3.8) is 0 Å². The van der Waals surface area contributed by atoms with Gasteiger partial charge in [-0.25, -0.2) is 4.79 Å². The van der Waals surface area contributed by atoms with E-state index in [1.54, 1.807) is 35.6 Å². The summed E-state index contributed by atoms with van der Waals surface area (Å²) < 4.78 is 0. The molecule has 0 saturated carbocycles. The lowest BCUT2D eigenvalue weighted by Crippen LogP contribution is -2.36. The number of nitrogens with zero attached hydrogens (tertiary/aromatic N) is 1. The fourth-order valence-corrected chi connectivity index (χ4v) is 3.84. The Balaban J connectivity index is 1.55. The molecule has 0 saturated heterocycles. The summed E-state index contributed by atoms with van der Waals surface area (Å²) in [5, 5.41) is 11.2. The van der Waals surface area contributed by atoms with E-state index in [-0.39, 0.29) is 18.0 Å². The summed E-state index contributed by atoms with van der Waals surface area (Å²) in [6.45, 7) is 0.896. The lowest BCUT2D eigenvalue weighted by molar-refractivity contribution is 0.0951. The molecule has 31 heavy (non-hydrogen) atoms. The average Bonchev–Trinajstić information content (AvgIpc) is 3.27. The van der Waals surface area contributed by atoms with Gasteiger partial charge >= 0.3 is 6.03 Å². The average molecular weight is 457 g/mol. The summed E-state index contributed by atoms with van der Waals surface area (Å²) >= 11 is 7.56. The molecule has 1 unspecified atom stereocenters. The molecule has 6 nitrogen and oxygen atoms in total. The molecule has 1 aromatic heterocycles. The second-order valence-corrected chi connectivity index (χ2v) is 8.68. The first-order valence-corrected chi connectivity index (χ1v) is 11.1. The highest BCUT2D eigenvalue weighted by Gasteiger charge is 2.15. The number of likely N-dealkylation sites (N-methyl/N-ethyl adjacent to an activating group) is 1. The number of urea groups is 1. The number of hydrogen-bond acceptors (Lipinski definition) is 4. The zero-order valence-electron chi connectivity index (χ0n) is 17.4. The number of halogens is 1. The van der Waals surface area contributed by atoms with Crippen LogP contribution in [0.2, 0.25) is 5.02 Å². The van der Waals surface area contributed by atoms with Crippen LogP contribution in [-0.4, -0.2) is 37.5 Å². The van der Waals surface area contributed by atoms with Crippen molar-refractivity contribution in [2.75, 3.05) is 26.0 Å². The van der Waals surface area contributed by atoms with E-state index < -0.39 is 0 Å². The lowest BCUT2D eigenvalue weighted by Gasteiger charge is -2.25. The number of amides is 3. The van der Waals surface area contributed by atoms with Gasteiger partial charge in [0, 0.05) is 27.7 Å². The third-order valence-electron chi connectivity index (χ3n) is 4.72. The molecule has 0 bridgehead atoms. The van der Waals surface area contributed by atoms with Gasteiger partial charge in [-0.3, -0.25) is 4.79 Å². The normalized spacial score (nSPS) is 11.7. The van der Waals surface area contributed by atoms with Gasteiger partial charge in [0.15, 0.2) is 0 Å². The zero-order chi connectivity index (χ0) is 22.2. The number of hydrogen-bond donors (Lipinski definition) is 3. The number of thiophene rings is 1. The van der Waals surface area contributed by atoms with Crippen molar-refractivity contribution in [3.05, 3.63) is 87.1 Å². The Morgan fingerprint density at radius 1 is 1.03 bits per heavy atom. The lowest BCUT2D eigenvalue weighted by atomic mass is 10.1. The molecule has 1 heterocycles. The van der Waals surface area contributed by atoms with Crippen LogP contribution in [0.25, 0.3) is 0 Å². The molecule has 0 aliphatic heterocycles. The highest BCUT2D eigenvalue weighted by molar-refractivity contribution is 7.09. The molecule has 3 N–H and O–H groups in total. The van der Waals surface area contributed by atoms with Gasteiger partial charge < -0.3 is 20.9 Å². The number of benzene rings is 2. The monoisotopic (exact) mass is 456 g/mol. The van der Waals surface area contributed by atoms with Gasteiger partial charge in [-0.2, -0.15) is 0 Å². The summed E-state index contributed by atoms with van der Waals surface area (Å²) in [5.74, 6) is -0.187. The summed E-state index contributed by atoms with van der Waals surface area (Å²) in [6, 6.07) is 18.0. The Bertz CT molecular complexity index is 1010. The van der Waals surface area contributed by atoms with Crippen LogP contribution < -0.4 is 16.0 Å². The summed E-state index contributed by atoms with van der Waals surface area (Å²) in [7, 11) is 3.91. The Kier molecular flexibility index (Phi) is 8.06. The van der Waals surface area contributed by atoms with Gasteiger partial charge in [0.2, 0.25) is 0 Å². The molecule has 0 aliphatic rings. The van der Waals surface area contributed by atoms with Gasteiger partial charge in [0.1, 0.15) is 0 Å². The minimum atomic E-state index is -0.336. The standard InChI is InChI=1S/C23H25ClN4O2S/c1-28(2)21(16-8-10-18(24)11-9-16)15-26-23(30)27-19-6-3-5-17(13-19)22(29)25-14-20-7-4-12-31-20/h3-13,21H,14-15H2,1-2H3,(H,25,29)(H2,26,27,30).